The molecular formula is C15H21BrN2O. The summed E-state index contributed by atoms with van der Waals surface area (Å²) in [5.41, 5.74) is 0.822. The Labute approximate surface area is 123 Å². The fraction of sp³-hybridized carbons (Fsp3) is 0.533. The quantitative estimate of drug-likeness (QED) is 0.869. The molecule has 1 unspecified atom stereocenters. The Morgan fingerprint density at radius 2 is 2.05 bits per heavy atom. The van der Waals surface area contributed by atoms with E-state index in [4.69, 9.17) is 0 Å². The highest BCUT2D eigenvalue weighted by Crippen LogP contribution is 2.27. The van der Waals surface area contributed by atoms with Crippen LogP contribution < -0.4 is 10.6 Å². The first-order valence-electron chi connectivity index (χ1n) is 6.94. The van der Waals surface area contributed by atoms with Crippen LogP contribution in [-0.4, -0.2) is 18.5 Å². The Kier molecular flexibility index (Phi) is 5.40. The Morgan fingerprint density at radius 1 is 1.37 bits per heavy atom. The van der Waals surface area contributed by atoms with Crippen LogP contribution in [-0.2, 0) is 4.79 Å². The topological polar surface area (TPSA) is 41.1 Å². The number of carbonyl (C=O) groups excluding carboxylic acids is 1. The molecular weight excluding hydrogens is 304 g/mol. The molecule has 1 aliphatic carbocycles. The van der Waals surface area contributed by atoms with E-state index in [1.807, 2.05) is 24.3 Å². The minimum absolute atomic E-state index is 0.0109. The van der Waals surface area contributed by atoms with Gasteiger partial charge in [-0.2, -0.15) is 0 Å². The maximum absolute atomic E-state index is 11.9. The Morgan fingerprint density at radius 3 is 2.74 bits per heavy atom. The minimum Gasteiger partial charge on any atom is -0.324 e. The van der Waals surface area contributed by atoms with Crippen molar-refractivity contribution >= 4 is 27.5 Å². The summed E-state index contributed by atoms with van der Waals surface area (Å²) < 4.78 is 0.909. The molecule has 2 rings (SSSR count). The van der Waals surface area contributed by atoms with Crippen molar-refractivity contribution in [2.45, 2.75) is 38.6 Å². The third-order valence-electron chi connectivity index (χ3n) is 3.84. The predicted octanol–water partition coefficient (Wildman–Crippen LogP) is 3.56. The van der Waals surface area contributed by atoms with Gasteiger partial charge >= 0.3 is 0 Å². The average molecular weight is 325 g/mol. The van der Waals surface area contributed by atoms with E-state index in [2.05, 4.69) is 33.5 Å². The van der Waals surface area contributed by atoms with Gasteiger partial charge in [-0.15, -0.1) is 0 Å². The van der Waals surface area contributed by atoms with E-state index in [-0.39, 0.29) is 5.91 Å². The maximum atomic E-state index is 11.9. The number of anilines is 1. The van der Waals surface area contributed by atoms with Gasteiger partial charge in [0.15, 0.2) is 0 Å². The van der Waals surface area contributed by atoms with Crippen LogP contribution in [0.25, 0.3) is 0 Å². The van der Waals surface area contributed by atoms with Gasteiger partial charge in [0, 0.05) is 10.5 Å². The number of halogens is 1. The largest absolute Gasteiger partial charge is 0.324 e. The van der Waals surface area contributed by atoms with Crippen molar-refractivity contribution in [3.8, 4) is 0 Å². The first kappa shape index (κ1) is 14.5. The molecule has 0 aliphatic heterocycles. The van der Waals surface area contributed by atoms with Crippen molar-refractivity contribution in [1.82, 2.24) is 5.32 Å². The highest BCUT2D eigenvalue weighted by atomic mass is 79.9. The second-order valence-electron chi connectivity index (χ2n) is 5.24. The van der Waals surface area contributed by atoms with Gasteiger partial charge in [-0.25, -0.2) is 0 Å². The number of benzene rings is 1. The fourth-order valence-corrected chi connectivity index (χ4v) is 3.02. The average Bonchev–Trinajstić information content (AvgIpc) is 2.93. The van der Waals surface area contributed by atoms with Gasteiger partial charge in [-0.3, -0.25) is 4.79 Å². The van der Waals surface area contributed by atoms with Gasteiger partial charge in [-0.05, 0) is 53.7 Å². The zero-order chi connectivity index (χ0) is 13.7. The van der Waals surface area contributed by atoms with Gasteiger partial charge in [0.1, 0.15) is 0 Å². The summed E-state index contributed by atoms with van der Waals surface area (Å²) in [6.07, 6.45) is 5.25. The lowest BCUT2D eigenvalue weighted by Gasteiger charge is -2.20. The fourth-order valence-electron chi connectivity index (χ4n) is 2.63. The van der Waals surface area contributed by atoms with Crippen molar-refractivity contribution < 1.29 is 4.79 Å². The molecule has 19 heavy (non-hydrogen) atoms. The summed E-state index contributed by atoms with van der Waals surface area (Å²) in [5, 5.41) is 6.24. The Bertz CT molecular complexity index is 430. The zero-order valence-corrected chi connectivity index (χ0v) is 12.9. The normalized spacial score (nSPS) is 17.4. The number of hydrogen-bond donors (Lipinski definition) is 2. The summed E-state index contributed by atoms with van der Waals surface area (Å²) in [6.45, 7) is 2.56. The van der Waals surface area contributed by atoms with Gasteiger partial charge < -0.3 is 10.6 Å². The van der Waals surface area contributed by atoms with E-state index in [1.165, 1.54) is 25.7 Å². The number of para-hydroxylation sites is 1. The summed E-state index contributed by atoms with van der Waals surface area (Å²) in [6, 6.07) is 8.08. The molecule has 0 bridgehead atoms. The lowest BCUT2D eigenvalue weighted by atomic mass is 10.00. The molecule has 0 radical (unpaired) electrons. The second-order valence-corrected chi connectivity index (χ2v) is 6.10. The van der Waals surface area contributed by atoms with Crippen molar-refractivity contribution in [3.63, 3.8) is 0 Å². The van der Waals surface area contributed by atoms with Crippen LogP contribution in [0, 0.1) is 5.92 Å². The number of hydrogen-bond acceptors (Lipinski definition) is 2. The molecule has 1 aliphatic rings. The van der Waals surface area contributed by atoms with Gasteiger partial charge in [-0.1, -0.05) is 25.0 Å². The van der Waals surface area contributed by atoms with Gasteiger partial charge in [0.25, 0.3) is 0 Å². The number of amides is 1. The summed E-state index contributed by atoms with van der Waals surface area (Å²) >= 11 is 3.42. The molecule has 0 heterocycles. The van der Waals surface area contributed by atoms with E-state index in [0.29, 0.717) is 12.6 Å². The lowest BCUT2D eigenvalue weighted by molar-refractivity contribution is -0.115. The van der Waals surface area contributed by atoms with Crippen LogP contribution in [0.15, 0.2) is 28.7 Å². The van der Waals surface area contributed by atoms with E-state index in [9.17, 15) is 4.79 Å². The molecule has 0 spiro atoms. The molecule has 1 atom stereocenters. The van der Waals surface area contributed by atoms with E-state index in [1.54, 1.807) is 0 Å². The standard InChI is InChI=1S/C15H21BrN2O/c1-11(12-6-2-3-7-12)17-10-15(19)18-14-9-5-4-8-13(14)16/h4-5,8-9,11-12,17H,2-3,6-7,10H2,1H3,(H,18,19). The first-order chi connectivity index (χ1) is 9.16. The van der Waals surface area contributed by atoms with Crippen molar-refractivity contribution in [3.05, 3.63) is 28.7 Å². The monoisotopic (exact) mass is 324 g/mol. The Hall–Kier alpha value is -0.870. The van der Waals surface area contributed by atoms with E-state index < -0.39 is 0 Å². The molecule has 1 fully saturated rings. The molecule has 0 aromatic heterocycles. The van der Waals surface area contributed by atoms with Crippen LogP contribution in [0.5, 0.6) is 0 Å². The summed E-state index contributed by atoms with van der Waals surface area (Å²) in [5.74, 6) is 0.744. The number of carbonyl (C=O) groups is 1. The lowest BCUT2D eigenvalue weighted by Crippen LogP contribution is -2.38. The van der Waals surface area contributed by atoms with E-state index >= 15 is 0 Å². The number of nitrogens with one attached hydrogen (secondary N) is 2. The third-order valence-corrected chi connectivity index (χ3v) is 4.53. The van der Waals surface area contributed by atoms with Crippen molar-refractivity contribution in [2.24, 2.45) is 5.92 Å². The molecule has 1 saturated carbocycles. The van der Waals surface area contributed by atoms with Crippen molar-refractivity contribution in [1.29, 1.82) is 0 Å². The SMILES string of the molecule is CC(NCC(=O)Nc1ccccc1Br)C1CCCC1. The van der Waals surface area contributed by atoms with Crippen LogP contribution in [0.2, 0.25) is 0 Å². The van der Waals surface area contributed by atoms with Gasteiger partial charge in [0.05, 0.1) is 12.2 Å². The third kappa shape index (κ3) is 4.32. The smallest absolute Gasteiger partial charge is 0.238 e. The van der Waals surface area contributed by atoms with Crippen LogP contribution in [0.4, 0.5) is 5.69 Å². The minimum atomic E-state index is 0.0109. The molecule has 1 aromatic carbocycles. The molecule has 0 saturated heterocycles. The highest BCUT2D eigenvalue weighted by molar-refractivity contribution is 9.10. The zero-order valence-electron chi connectivity index (χ0n) is 11.3. The predicted molar refractivity (Wildman–Crippen MR) is 82.2 cm³/mol. The summed E-state index contributed by atoms with van der Waals surface area (Å²) in [7, 11) is 0. The maximum Gasteiger partial charge on any atom is 0.238 e. The number of rotatable bonds is 5. The molecule has 2 N–H and O–H groups in total. The van der Waals surface area contributed by atoms with E-state index in [0.717, 1.165) is 16.1 Å². The Balaban J connectivity index is 1.77. The van der Waals surface area contributed by atoms with Gasteiger partial charge in [0.2, 0.25) is 5.91 Å². The second kappa shape index (κ2) is 7.06. The van der Waals surface area contributed by atoms with Crippen LogP contribution in [0.1, 0.15) is 32.6 Å². The van der Waals surface area contributed by atoms with Crippen molar-refractivity contribution in [2.75, 3.05) is 11.9 Å². The molecule has 104 valence electrons. The highest BCUT2D eigenvalue weighted by Gasteiger charge is 2.21. The molecule has 4 heteroatoms. The molecule has 1 aromatic rings. The molecule has 1 amide bonds. The first-order valence-corrected chi connectivity index (χ1v) is 7.74. The summed E-state index contributed by atoms with van der Waals surface area (Å²) in [4.78, 5) is 11.9. The van der Waals surface area contributed by atoms with Crippen LogP contribution in [0.3, 0.4) is 0 Å². The molecule has 3 nitrogen and oxygen atoms in total. The van der Waals surface area contributed by atoms with Crippen LogP contribution >= 0.6 is 15.9 Å².